The number of hydrogen-bond acceptors (Lipinski definition) is 3. The molecule has 1 aromatic rings. The van der Waals surface area contributed by atoms with Crippen LogP contribution in [0.25, 0.3) is 0 Å². The molecule has 1 amide bonds. The monoisotopic (exact) mass is 261 g/mol. The third kappa shape index (κ3) is 5.02. The molecule has 0 aliphatic heterocycles. The van der Waals surface area contributed by atoms with Gasteiger partial charge in [-0.25, -0.2) is 4.79 Å². The first-order valence-electron chi connectivity index (χ1n) is 6.37. The number of aliphatic hydroxyl groups excluding tert-OH is 1. The molecule has 102 valence electrons. The predicted molar refractivity (Wildman–Crippen MR) is 75.0 cm³/mol. The van der Waals surface area contributed by atoms with Gasteiger partial charge in [0.25, 0.3) is 0 Å². The van der Waals surface area contributed by atoms with Gasteiger partial charge in [-0.3, -0.25) is 5.32 Å². The van der Waals surface area contributed by atoms with E-state index in [-0.39, 0.29) is 6.61 Å². The Kier molecular flexibility index (Phi) is 6.48. The normalized spacial score (nSPS) is 9.42. The molecule has 0 saturated carbocycles. The summed E-state index contributed by atoms with van der Waals surface area (Å²) in [5.41, 5.74) is 2.62. The Morgan fingerprint density at radius 2 is 2.21 bits per heavy atom. The Labute approximate surface area is 113 Å². The fourth-order valence-electron chi connectivity index (χ4n) is 1.58. The second kappa shape index (κ2) is 8.17. The van der Waals surface area contributed by atoms with E-state index in [1.807, 2.05) is 25.1 Å². The number of aliphatic hydroxyl groups is 1. The van der Waals surface area contributed by atoms with Gasteiger partial charge in [0, 0.05) is 17.7 Å². The van der Waals surface area contributed by atoms with Crippen molar-refractivity contribution in [2.45, 2.75) is 26.7 Å². The van der Waals surface area contributed by atoms with Gasteiger partial charge < -0.3 is 9.84 Å². The van der Waals surface area contributed by atoms with Gasteiger partial charge in [-0.2, -0.15) is 0 Å². The van der Waals surface area contributed by atoms with Gasteiger partial charge in [-0.15, -0.1) is 0 Å². The third-order valence-electron chi connectivity index (χ3n) is 2.47. The van der Waals surface area contributed by atoms with E-state index >= 15 is 0 Å². The number of aryl methyl sites for hydroxylation is 1. The highest BCUT2D eigenvalue weighted by atomic mass is 16.5. The Bertz CT molecular complexity index is 486. The average molecular weight is 261 g/mol. The van der Waals surface area contributed by atoms with Crippen LogP contribution >= 0.6 is 0 Å². The second-order valence-corrected chi connectivity index (χ2v) is 3.85. The van der Waals surface area contributed by atoms with Gasteiger partial charge in [0.05, 0.1) is 13.2 Å². The summed E-state index contributed by atoms with van der Waals surface area (Å²) in [6, 6.07) is 5.59. The summed E-state index contributed by atoms with van der Waals surface area (Å²) in [5, 5.41) is 11.4. The largest absolute Gasteiger partial charge is 0.450 e. The molecule has 4 nitrogen and oxygen atoms in total. The zero-order valence-corrected chi connectivity index (χ0v) is 11.3. The molecule has 0 spiro atoms. The van der Waals surface area contributed by atoms with E-state index in [1.165, 1.54) is 0 Å². The Balaban J connectivity index is 2.85. The molecule has 0 bridgehead atoms. The van der Waals surface area contributed by atoms with Gasteiger partial charge in [-0.05, 0) is 37.1 Å². The van der Waals surface area contributed by atoms with Crippen LogP contribution in [0, 0.1) is 11.8 Å². The molecule has 19 heavy (non-hydrogen) atoms. The first-order valence-corrected chi connectivity index (χ1v) is 6.37. The molecule has 2 N–H and O–H groups in total. The summed E-state index contributed by atoms with van der Waals surface area (Å²) in [6.07, 6.45) is 0.804. The van der Waals surface area contributed by atoms with Crippen LogP contribution < -0.4 is 5.32 Å². The number of hydrogen-bond donors (Lipinski definition) is 2. The zero-order chi connectivity index (χ0) is 14.1. The first-order chi connectivity index (χ1) is 9.21. The lowest BCUT2D eigenvalue weighted by atomic mass is 10.1. The molecular weight excluding hydrogens is 242 g/mol. The van der Waals surface area contributed by atoms with Crippen LogP contribution in [-0.2, 0) is 11.2 Å². The van der Waals surface area contributed by atoms with Crippen LogP contribution in [0.4, 0.5) is 10.5 Å². The number of carbonyl (C=O) groups is 1. The summed E-state index contributed by atoms with van der Waals surface area (Å²) in [6.45, 7) is 4.19. The molecule has 1 aromatic carbocycles. The van der Waals surface area contributed by atoms with Crippen LogP contribution in [0.15, 0.2) is 18.2 Å². The number of ether oxygens (including phenoxy) is 1. The van der Waals surface area contributed by atoms with Crippen molar-refractivity contribution in [2.75, 3.05) is 18.5 Å². The van der Waals surface area contributed by atoms with E-state index < -0.39 is 6.09 Å². The minimum Gasteiger partial charge on any atom is -0.450 e. The molecule has 0 atom stereocenters. The van der Waals surface area contributed by atoms with E-state index in [0.29, 0.717) is 13.0 Å². The van der Waals surface area contributed by atoms with E-state index in [9.17, 15) is 4.79 Å². The number of rotatable bonds is 4. The molecule has 0 radical (unpaired) electrons. The van der Waals surface area contributed by atoms with E-state index in [1.54, 1.807) is 6.92 Å². The van der Waals surface area contributed by atoms with E-state index in [0.717, 1.165) is 23.2 Å². The molecule has 0 saturated heterocycles. The standard InChI is InChI=1S/C15H19NO3/c1-3-13-11-12(7-5-6-10-17)8-9-14(13)16-15(18)19-4-2/h8-9,11,17H,3-4,6,10H2,1-2H3,(H,16,18). The van der Waals surface area contributed by atoms with Crippen LogP contribution in [0.3, 0.4) is 0 Å². The van der Waals surface area contributed by atoms with Crippen LogP contribution in [0.1, 0.15) is 31.4 Å². The number of carbonyl (C=O) groups excluding carboxylic acids is 1. The molecular formula is C15H19NO3. The van der Waals surface area contributed by atoms with Crippen LogP contribution in [-0.4, -0.2) is 24.4 Å². The molecule has 4 heteroatoms. The molecule has 0 unspecified atom stereocenters. The van der Waals surface area contributed by atoms with Gasteiger partial charge in [-0.1, -0.05) is 18.8 Å². The van der Waals surface area contributed by atoms with Crippen LogP contribution in [0.2, 0.25) is 0 Å². The van der Waals surface area contributed by atoms with Crippen molar-refractivity contribution in [3.8, 4) is 11.8 Å². The lowest BCUT2D eigenvalue weighted by Gasteiger charge is -2.10. The molecule has 0 fully saturated rings. The van der Waals surface area contributed by atoms with Crippen molar-refractivity contribution in [3.63, 3.8) is 0 Å². The van der Waals surface area contributed by atoms with E-state index in [4.69, 9.17) is 9.84 Å². The predicted octanol–water partition coefficient (Wildman–Crippen LogP) is 2.55. The van der Waals surface area contributed by atoms with Gasteiger partial charge in [0.15, 0.2) is 0 Å². The van der Waals surface area contributed by atoms with Crippen LogP contribution in [0.5, 0.6) is 0 Å². The zero-order valence-electron chi connectivity index (χ0n) is 11.3. The minimum atomic E-state index is -0.448. The van der Waals surface area contributed by atoms with Crippen molar-refractivity contribution < 1.29 is 14.6 Å². The highest BCUT2D eigenvalue weighted by Gasteiger charge is 2.06. The van der Waals surface area contributed by atoms with Crippen molar-refractivity contribution in [2.24, 2.45) is 0 Å². The Morgan fingerprint density at radius 3 is 2.84 bits per heavy atom. The highest BCUT2D eigenvalue weighted by molar-refractivity contribution is 5.85. The number of benzene rings is 1. The summed E-state index contributed by atoms with van der Waals surface area (Å²) >= 11 is 0. The number of nitrogens with one attached hydrogen (secondary N) is 1. The molecule has 1 rings (SSSR count). The number of anilines is 1. The van der Waals surface area contributed by atoms with Crippen molar-refractivity contribution in [1.29, 1.82) is 0 Å². The molecule has 0 heterocycles. The Hall–Kier alpha value is -1.99. The molecule has 0 aliphatic rings. The highest BCUT2D eigenvalue weighted by Crippen LogP contribution is 2.18. The SMILES string of the molecule is CCOC(=O)Nc1ccc(C#CCCO)cc1CC. The summed E-state index contributed by atoms with van der Waals surface area (Å²) in [7, 11) is 0. The first kappa shape index (κ1) is 15.1. The van der Waals surface area contributed by atoms with E-state index in [2.05, 4.69) is 17.2 Å². The fourth-order valence-corrected chi connectivity index (χ4v) is 1.58. The Morgan fingerprint density at radius 1 is 1.42 bits per heavy atom. The second-order valence-electron chi connectivity index (χ2n) is 3.85. The van der Waals surface area contributed by atoms with Crippen molar-refractivity contribution in [1.82, 2.24) is 0 Å². The summed E-state index contributed by atoms with van der Waals surface area (Å²) in [5.74, 6) is 5.84. The maximum Gasteiger partial charge on any atom is 0.411 e. The van der Waals surface area contributed by atoms with Gasteiger partial charge in [0.2, 0.25) is 0 Å². The average Bonchev–Trinajstić information content (AvgIpc) is 2.41. The fraction of sp³-hybridized carbons (Fsp3) is 0.400. The minimum absolute atomic E-state index is 0.0656. The maximum absolute atomic E-state index is 11.4. The summed E-state index contributed by atoms with van der Waals surface area (Å²) in [4.78, 5) is 11.4. The molecule has 0 aliphatic carbocycles. The quantitative estimate of drug-likeness (QED) is 0.819. The molecule has 0 aromatic heterocycles. The van der Waals surface area contributed by atoms with Crippen molar-refractivity contribution >= 4 is 11.8 Å². The lowest BCUT2D eigenvalue weighted by Crippen LogP contribution is -2.14. The lowest BCUT2D eigenvalue weighted by molar-refractivity contribution is 0.168. The van der Waals surface area contributed by atoms with Gasteiger partial charge >= 0.3 is 6.09 Å². The van der Waals surface area contributed by atoms with Crippen molar-refractivity contribution in [3.05, 3.63) is 29.3 Å². The smallest absolute Gasteiger partial charge is 0.411 e. The summed E-state index contributed by atoms with van der Waals surface area (Å²) < 4.78 is 4.85. The van der Waals surface area contributed by atoms with Gasteiger partial charge in [0.1, 0.15) is 0 Å². The number of amides is 1. The maximum atomic E-state index is 11.4. The third-order valence-corrected chi connectivity index (χ3v) is 2.47. The topological polar surface area (TPSA) is 58.6 Å².